The van der Waals surface area contributed by atoms with Crippen molar-refractivity contribution in [1.82, 2.24) is 0 Å². The SMILES string of the molecule is c1ccc(-c2c(-c3ccccc3)c3cc(-c4ccc(N(c5ccc6c(ccc7ccccc76)c5)c5ccc6oc7ccccc7c6c5)cc4)ccc3c3ccccc23)cc1. The van der Waals surface area contributed by atoms with Crippen molar-refractivity contribution >= 4 is 82.1 Å². The molecule has 0 N–H and O–H groups in total. The zero-order chi connectivity index (χ0) is 39.6. The summed E-state index contributed by atoms with van der Waals surface area (Å²) >= 11 is 0. The van der Waals surface area contributed by atoms with E-state index in [2.05, 4.69) is 217 Å². The second-order valence-corrected chi connectivity index (χ2v) is 15.6. The van der Waals surface area contributed by atoms with Crippen LogP contribution in [0.2, 0.25) is 0 Å². The zero-order valence-corrected chi connectivity index (χ0v) is 32.7. The van der Waals surface area contributed by atoms with Crippen molar-refractivity contribution < 1.29 is 4.42 Å². The van der Waals surface area contributed by atoms with E-state index >= 15 is 0 Å². The fourth-order valence-corrected chi connectivity index (χ4v) is 9.42. The van der Waals surface area contributed by atoms with E-state index in [0.29, 0.717) is 0 Å². The topological polar surface area (TPSA) is 16.4 Å². The third-order valence-corrected chi connectivity index (χ3v) is 12.2. The zero-order valence-electron chi connectivity index (χ0n) is 32.7. The van der Waals surface area contributed by atoms with Gasteiger partial charge >= 0.3 is 0 Å². The van der Waals surface area contributed by atoms with E-state index in [0.717, 1.165) is 44.6 Å². The number of nitrogens with zero attached hydrogens (tertiary/aromatic N) is 1. The highest BCUT2D eigenvalue weighted by Crippen LogP contribution is 2.46. The van der Waals surface area contributed by atoms with Crippen molar-refractivity contribution in [3.05, 3.63) is 224 Å². The van der Waals surface area contributed by atoms with E-state index in [1.807, 2.05) is 12.1 Å². The smallest absolute Gasteiger partial charge is 0.135 e. The molecule has 0 aliphatic carbocycles. The molecule has 12 aromatic rings. The van der Waals surface area contributed by atoms with Gasteiger partial charge in [0.1, 0.15) is 11.2 Å². The average Bonchev–Trinajstić information content (AvgIpc) is 3.70. The molecular weight excluding hydrogens is 727 g/mol. The summed E-state index contributed by atoms with van der Waals surface area (Å²) in [6.07, 6.45) is 0. The Bertz CT molecular complexity index is 3590. The van der Waals surface area contributed by atoms with Crippen molar-refractivity contribution in [3.63, 3.8) is 0 Å². The number of hydrogen-bond donors (Lipinski definition) is 0. The van der Waals surface area contributed by atoms with Crippen molar-refractivity contribution in [2.24, 2.45) is 0 Å². The summed E-state index contributed by atoms with van der Waals surface area (Å²) in [4.78, 5) is 2.37. The van der Waals surface area contributed by atoms with Gasteiger partial charge in [0.15, 0.2) is 0 Å². The van der Waals surface area contributed by atoms with Gasteiger partial charge in [-0.3, -0.25) is 0 Å². The largest absolute Gasteiger partial charge is 0.456 e. The Morgan fingerprint density at radius 3 is 1.55 bits per heavy atom. The third kappa shape index (κ3) is 5.57. The molecule has 2 nitrogen and oxygen atoms in total. The van der Waals surface area contributed by atoms with Crippen LogP contribution in [0.25, 0.3) is 98.4 Å². The van der Waals surface area contributed by atoms with Gasteiger partial charge in [0.05, 0.1) is 0 Å². The van der Waals surface area contributed by atoms with Gasteiger partial charge in [-0.15, -0.1) is 0 Å². The molecule has 12 rings (SSSR count). The Morgan fingerprint density at radius 1 is 0.250 bits per heavy atom. The van der Waals surface area contributed by atoms with Gasteiger partial charge in [-0.05, 0) is 131 Å². The molecule has 0 atom stereocenters. The Balaban J connectivity index is 1.03. The number of para-hydroxylation sites is 1. The summed E-state index contributed by atoms with van der Waals surface area (Å²) in [7, 11) is 0. The molecule has 1 aromatic heterocycles. The van der Waals surface area contributed by atoms with Gasteiger partial charge in [-0.25, -0.2) is 0 Å². The molecule has 0 spiro atoms. The van der Waals surface area contributed by atoms with Crippen molar-refractivity contribution in [2.45, 2.75) is 0 Å². The number of hydrogen-bond acceptors (Lipinski definition) is 2. The van der Waals surface area contributed by atoms with Crippen LogP contribution in [0.5, 0.6) is 0 Å². The van der Waals surface area contributed by atoms with Gasteiger partial charge in [0, 0.05) is 27.8 Å². The first-order valence-corrected chi connectivity index (χ1v) is 20.6. The highest BCUT2D eigenvalue weighted by molar-refractivity contribution is 6.22. The molecule has 0 amide bonds. The van der Waals surface area contributed by atoms with Crippen LogP contribution in [-0.2, 0) is 0 Å². The summed E-state index contributed by atoms with van der Waals surface area (Å²) in [5.74, 6) is 0. The first kappa shape index (κ1) is 34.1. The molecule has 60 heavy (non-hydrogen) atoms. The summed E-state index contributed by atoms with van der Waals surface area (Å²) in [6.45, 7) is 0. The predicted molar refractivity (Wildman–Crippen MR) is 255 cm³/mol. The van der Waals surface area contributed by atoms with Gasteiger partial charge in [0.2, 0.25) is 0 Å². The highest BCUT2D eigenvalue weighted by atomic mass is 16.3. The van der Waals surface area contributed by atoms with Crippen molar-refractivity contribution in [1.29, 1.82) is 0 Å². The lowest BCUT2D eigenvalue weighted by Gasteiger charge is -2.26. The van der Waals surface area contributed by atoms with Crippen LogP contribution in [0, 0.1) is 0 Å². The maximum absolute atomic E-state index is 6.27. The van der Waals surface area contributed by atoms with E-state index in [1.165, 1.54) is 70.9 Å². The van der Waals surface area contributed by atoms with Crippen LogP contribution in [0.3, 0.4) is 0 Å². The molecule has 0 unspecified atom stereocenters. The first-order chi connectivity index (χ1) is 29.7. The molecule has 1 heterocycles. The quantitative estimate of drug-likeness (QED) is 0.157. The van der Waals surface area contributed by atoms with Crippen LogP contribution in [0.15, 0.2) is 229 Å². The monoisotopic (exact) mass is 763 g/mol. The number of benzene rings is 11. The third-order valence-electron chi connectivity index (χ3n) is 12.2. The molecule has 280 valence electrons. The lowest BCUT2D eigenvalue weighted by Crippen LogP contribution is -2.09. The van der Waals surface area contributed by atoms with Crippen molar-refractivity contribution in [3.8, 4) is 33.4 Å². The van der Waals surface area contributed by atoms with Gasteiger partial charge in [-0.2, -0.15) is 0 Å². The molecule has 0 saturated carbocycles. The Morgan fingerprint density at radius 2 is 0.767 bits per heavy atom. The number of furan rings is 1. The van der Waals surface area contributed by atoms with E-state index in [9.17, 15) is 0 Å². The van der Waals surface area contributed by atoms with Crippen LogP contribution in [-0.4, -0.2) is 0 Å². The second-order valence-electron chi connectivity index (χ2n) is 15.6. The van der Waals surface area contributed by atoms with E-state index in [4.69, 9.17) is 4.42 Å². The Labute approximate surface area is 347 Å². The standard InChI is InChI=1S/C58H37NO/c1-3-14-40(15-4-1)57-52-21-10-9-19-49(52)50-32-27-42(36-54(50)58(57)41-16-5-2-6-17-41)38-25-28-44(29-26-38)59(46-31-34-56-53(37-46)51-20-11-12-22-55(51)60-56)45-30-33-48-43(35-45)24-23-39-13-7-8-18-47(39)48/h1-37H. The summed E-state index contributed by atoms with van der Waals surface area (Å²) < 4.78 is 6.27. The fraction of sp³-hybridized carbons (Fsp3) is 0. The maximum atomic E-state index is 6.27. The minimum absolute atomic E-state index is 0.884. The lowest BCUT2D eigenvalue weighted by atomic mass is 9.84. The number of anilines is 3. The molecule has 0 fully saturated rings. The van der Waals surface area contributed by atoms with Gasteiger partial charge in [-0.1, -0.05) is 170 Å². The van der Waals surface area contributed by atoms with Crippen LogP contribution in [0.4, 0.5) is 17.1 Å². The van der Waals surface area contributed by atoms with Crippen molar-refractivity contribution in [2.75, 3.05) is 4.90 Å². The molecule has 0 aliphatic rings. The minimum Gasteiger partial charge on any atom is -0.456 e. The maximum Gasteiger partial charge on any atom is 0.135 e. The first-order valence-electron chi connectivity index (χ1n) is 20.6. The van der Waals surface area contributed by atoms with E-state index in [-0.39, 0.29) is 0 Å². The highest BCUT2D eigenvalue weighted by Gasteiger charge is 2.20. The lowest BCUT2D eigenvalue weighted by molar-refractivity contribution is 0.669. The second kappa shape index (κ2) is 13.9. The summed E-state index contributed by atoms with van der Waals surface area (Å²) in [5.41, 5.74) is 12.3. The molecule has 0 aliphatic heterocycles. The molecule has 0 bridgehead atoms. The fourth-order valence-electron chi connectivity index (χ4n) is 9.42. The van der Waals surface area contributed by atoms with Crippen LogP contribution in [0.1, 0.15) is 0 Å². The summed E-state index contributed by atoms with van der Waals surface area (Å²) in [5, 5.41) is 12.2. The number of fused-ring (bicyclic) bond motifs is 9. The molecule has 0 saturated heterocycles. The minimum atomic E-state index is 0.884. The average molecular weight is 764 g/mol. The van der Waals surface area contributed by atoms with E-state index < -0.39 is 0 Å². The van der Waals surface area contributed by atoms with E-state index in [1.54, 1.807) is 0 Å². The normalized spacial score (nSPS) is 11.7. The Hall–Kier alpha value is -7.94. The molecule has 2 heteroatoms. The molecular formula is C58H37NO. The van der Waals surface area contributed by atoms with Gasteiger partial charge < -0.3 is 9.32 Å². The predicted octanol–water partition coefficient (Wildman–Crippen LogP) is 16.7. The van der Waals surface area contributed by atoms with Crippen LogP contribution >= 0.6 is 0 Å². The number of rotatable bonds is 6. The molecule has 0 radical (unpaired) electrons. The molecule has 11 aromatic carbocycles. The van der Waals surface area contributed by atoms with Crippen LogP contribution < -0.4 is 4.90 Å². The van der Waals surface area contributed by atoms with Gasteiger partial charge in [0.25, 0.3) is 0 Å². The summed E-state index contributed by atoms with van der Waals surface area (Å²) in [6, 6.07) is 81.4. The Kier molecular flexibility index (Phi) is 7.89.